The molecular weight excluding hydrogens is 259 g/mol. The maximum absolute atomic E-state index is 13.8. The highest BCUT2D eigenvalue weighted by atomic mass is 19.1. The second-order valence-electron chi connectivity index (χ2n) is 5.49. The van der Waals surface area contributed by atoms with E-state index in [4.69, 9.17) is 0 Å². The summed E-state index contributed by atoms with van der Waals surface area (Å²) < 4.78 is 13.8. The molecule has 0 aromatic heterocycles. The molecule has 2 N–H and O–H groups in total. The van der Waals surface area contributed by atoms with Crippen LogP contribution in [0.1, 0.15) is 32.4 Å². The molecule has 0 fully saturated rings. The summed E-state index contributed by atoms with van der Waals surface area (Å²) in [4.78, 5) is 13.5. The number of hydrogen-bond acceptors (Lipinski definition) is 3. The summed E-state index contributed by atoms with van der Waals surface area (Å²) >= 11 is 0. The summed E-state index contributed by atoms with van der Waals surface area (Å²) in [5.41, 5.74) is 0.460. The Kier molecular flexibility index (Phi) is 5.95. The zero-order chi connectivity index (χ0) is 15.3. The van der Waals surface area contributed by atoms with Crippen molar-refractivity contribution < 1.29 is 14.3 Å². The summed E-state index contributed by atoms with van der Waals surface area (Å²) in [6, 6.07) is 3.82. The average molecular weight is 282 g/mol. The van der Waals surface area contributed by atoms with Gasteiger partial charge in [-0.3, -0.25) is 9.69 Å². The molecule has 1 unspecified atom stereocenters. The van der Waals surface area contributed by atoms with Crippen LogP contribution in [0.2, 0.25) is 0 Å². The third-order valence-electron chi connectivity index (χ3n) is 3.20. The van der Waals surface area contributed by atoms with E-state index in [2.05, 4.69) is 5.32 Å². The van der Waals surface area contributed by atoms with Crippen LogP contribution >= 0.6 is 0 Å². The molecular formula is C15H23FN2O2. The number of nitrogens with zero attached hydrogens (tertiary/aromatic N) is 1. The zero-order valence-electron chi connectivity index (χ0n) is 12.5. The fourth-order valence-electron chi connectivity index (χ4n) is 1.83. The van der Waals surface area contributed by atoms with Gasteiger partial charge in [0.2, 0.25) is 5.91 Å². The van der Waals surface area contributed by atoms with Crippen molar-refractivity contribution in [3.05, 3.63) is 29.6 Å². The average Bonchev–Trinajstić information content (AvgIpc) is 2.35. The van der Waals surface area contributed by atoms with Crippen molar-refractivity contribution in [3.63, 3.8) is 0 Å². The predicted octanol–water partition coefficient (Wildman–Crippen LogP) is 2.30. The molecule has 20 heavy (non-hydrogen) atoms. The van der Waals surface area contributed by atoms with Crippen LogP contribution in [0.5, 0.6) is 5.75 Å². The summed E-state index contributed by atoms with van der Waals surface area (Å²) in [5.74, 6) is -0.244. The van der Waals surface area contributed by atoms with Gasteiger partial charge in [0.15, 0.2) is 0 Å². The third kappa shape index (κ3) is 4.81. The van der Waals surface area contributed by atoms with Gasteiger partial charge in [0.1, 0.15) is 11.6 Å². The van der Waals surface area contributed by atoms with E-state index in [1.165, 1.54) is 12.1 Å². The Morgan fingerprint density at radius 1 is 1.40 bits per heavy atom. The lowest BCUT2D eigenvalue weighted by Gasteiger charge is -2.25. The maximum atomic E-state index is 13.8. The first-order valence-electron chi connectivity index (χ1n) is 6.76. The van der Waals surface area contributed by atoms with Gasteiger partial charge in [-0.15, -0.1) is 0 Å². The number of benzene rings is 1. The summed E-state index contributed by atoms with van der Waals surface area (Å²) in [5, 5.41) is 12.0. The van der Waals surface area contributed by atoms with Crippen LogP contribution < -0.4 is 5.32 Å². The summed E-state index contributed by atoms with van der Waals surface area (Å²) in [7, 11) is 1.77. The van der Waals surface area contributed by atoms with E-state index in [9.17, 15) is 14.3 Å². The molecule has 0 radical (unpaired) electrons. The van der Waals surface area contributed by atoms with Gasteiger partial charge in [-0.1, -0.05) is 19.9 Å². The van der Waals surface area contributed by atoms with Crippen LogP contribution in [0.3, 0.4) is 0 Å². The molecule has 4 nitrogen and oxygen atoms in total. The first kappa shape index (κ1) is 16.4. The number of likely N-dealkylation sites (N-methyl/N-ethyl adjacent to an activating group) is 1. The van der Waals surface area contributed by atoms with E-state index in [0.29, 0.717) is 18.0 Å². The number of amides is 1. The van der Waals surface area contributed by atoms with Crippen LogP contribution in [0.25, 0.3) is 0 Å². The molecule has 1 aromatic carbocycles. The van der Waals surface area contributed by atoms with E-state index >= 15 is 0 Å². The molecule has 1 rings (SSSR count). The Morgan fingerprint density at radius 3 is 2.60 bits per heavy atom. The monoisotopic (exact) mass is 282 g/mol. The standard InChI is InChI=1S/C15H23FN2O2/c1-10(2)8-17-15(20)9-18(4)11(3)13-6-5-12(19)7-14(13)16/h5-7,10-11,19H,8-9H2,1-4H3,(H,17,20). The SMILES string of the molecule is CC(C)CNC(=O)CN(C)C(C)c1ccc(O)cc1F. The number of halogens is 1. The molecule has 0 saturated carbocycles. The number of phenolic OH excluding ortho intramolecular Hbond substituents is 1. The first-order valence-corrected chi connectivity index (χ1v) is 6.76. The minimum absolute atomic E-state index is 0.0766. The van der Waals surface area contributed by atoms with Crippen molar-refractivity contribution in [2.45, 2.75) is 26.8 Å². The lowest BCUT2D eigenvalue weighted by Crippen LogP contribution is -2.38. The van der Waals surface area contributed by atoms with Crippen molar-refractivity contribution in [2.75, 3.05) is 20.1 Å². The van der Waals surface area contributed by atoms with Crippen LogP contribution in [-0.4, -0.2) is 36.1 Å². The molecule has 0 saturated heterocycles. The second kappa shape index (κ2) is 7.24. The van der Waals surface area contributed by atoms with Gasteiger partial charge in [-0.05, 0) is 26.0 Å². The minimum Gasteiger partial charge on any atom is -0.508 e. The smallest absolute Gasteiger partial charge is 0.234 e. The number of aromatic hydroxyl groups is 1. The Balaban J connectivity index is 2.62. The van der Waals surface area contributed by atoms with Crippen molar-refractivity contribution in [3.8, 4) is 5.75 Å². The van der Waals surface area contributed by atoms with E-state index in [1.807, 2.05) is 20.8 Å². The normalized spacial score (nSPS) is 12.8. The highest BCUT2D eigenvalue weighted by Gasteiger charge is 2.18. The number of nitrogens with one attached hydrogen (secondary N) is 1. The van der Waals surface area contributed by atoms with E-state index in [1.54, 1.807) is 11.9 Å². The highest BCUT2D eigenvalue weighted by Crippen LogP contribution is 2.24. The van der Waals surface area contributed by atoms with Gasteiger partial charge >= 0.3 is 0 Å². The molecule has 1 aromatic rings. The molecule has 0 aliphatic carbocycles. The number of carbonyl (C=O) groups excluding carboxylic acids is 1. The van der Waals surface area contributed by atoms with Gasteiger partial charge < -0.3 is 10.4 Å². The minimum atomic E-state index is -0.466. The molecule has 0 aliphatic heterocycles. The molecule has 1 atom stereocenters. The lowest BCUT2D eigenvalue weighted by molar-refractivity contribution is -0.122. The van der Waals surface area contributed by atoms with Gasteiger partial charge in [0.05, 0.1) is 6.54 Å². The topological polar surface area (TPSA) is 52.6 Å². The third-order valence-corrected chi connectivity index (χ3v) is 3.20. The van der Waals surface area contributed by atoms with Gasteiger partial charge in [-0.25, -0.2) is 4.39 Å². The number of carbonyl (C=O) groups is 1. The Bertz CT molecular complexity index is 463. The fourth-order valence-corrected chi connectivity index (χ4v) is 1.83. The van der Waals surface area contributed by atoms with Crippen LogP contribution in [-0.2, 0) is 4.79 Å². The fraction of sp³-hybridized carbons (Fsp3) is 0.533. The van der Waals surface area contributed by atoms with E-state index in [-0.39, 0.29) is 24.2 Å². The molecule has 0 heterocycles. The molecule has 5 heteroatoms. The number of hydrogen-bond donors (Lipinski definition) is 2. The van der Waals surface area contributed by atoms with Crippen molar-refractivity contribution in [2.24, 2.45) is 5.92 Å². The van der Waals surface area contributed by atoms with Crippen molar-refractivity contribution >= 4 is 5.91 Å². The Labute approximate surface area is 119 Å². The van der Waals surface area contributed by atoms with Crippen LogP contribution in [0, 0.1) is 11.7 Å². The highest BCUT2D eigenvalue weighted by molar-refractivity contribution is 5.78. The number of phenols is 1. The van der Waals surface area contributed by atoms with Crippen molar-refractivity contribution in [1.29, 1.82) is 0 Å². The zero-order valence-corrected chi connectivity index (χ0v) is 12.5. The van der Waals surface area contributed by atoms with E-state index in [0.717, 1.165) is 6.07 Å². The molecule has 0 spiro atoms. The van der Waals surface area contributed by atoms with E-state index < -0.39 is 5.82 Å². The second-order valence-corrected chi connectivity index (χ2v) is 5.49. The van der Waals surface area contributed by atoms with Gasteiger partial charge in [0, 0.05) is 24.2 Å². The quantitative estimate of drug-likeness (QED) is 0.841. The van der Waals surface area contributed by atoms with Gasteiger partial charge in [0.25, 0.3) is 0 Å². The Morgan fingerprint density at radius 2 is 2.05 bits per heavy atom. The number of rotatable bonds is 6. The summed E-state index contributed by atoms with van der Waals surface area (Å²) in [6.07, 6.45) is 0. The van der Waals surface area contributed by atoms with Gasteiger partial charge in [-0.2, -0.15) is 0 Å². The molecule has 1 amide bonds. The van der Waals surface area contributed by atoms with Crippen molar-refractivity contribution in [1.82, 2.24) is 10.2 Å². The lowest BCUT2D eigenvalue weighted by atomic mass is 10.1. The maximum Gasteiger partial charge on any atom is 0.234 e. The largest absolute Gasteiger partial charge is 0.508 e. The predicted molar refractivity (Wildman–Crippen MR) is 77.0 cm³/mol. The van der Waals surface area contributed by atoms with Crippen LogP contribution in [0.15, 0.2) is 18.2 Å². The Hall–Kier alpha value is -1.62. The van der Waals surface area contributed by atoms with Crippen LogP contribution in [0.4, 0.5) is 4.39 Å². The molecule has 0 aliphatic rings. The summed E-state index contributed by atoms with van der Waals surface area (Å²) in [6.45, 7) is 6.71. The molecule has 0 bridgehead atoms. The first-order chi connectivity index (χ1) is 9.31. The molecule has 112 valence electrons.